The van der Waals surface area contributed by atoms with Crippen LogP contribution in [0, 0.1) is 0 Å². The molecule has 2 fully saturated rings. The van der Waals surface area contributed by atoms with E-state index >= 15 is 0 Å². The Bertz CT molecular complexity index is 972. The average Bonchev–Trinajstić information content (AvgIpc) is 2.90. The summed E-state index contributed by atoms with van der Waals surface area (Å²) in [6.45, 7) is 2.84. The van der Waals surface area contributed by atoms with Gasteiger partial charge < -0.3 is 4.90 Å². The minimum atomic E-state index is 0.0506. The summed E-state index contributed by atoms with van der Waals surface area (Å²) >= 11 is 0. The Morgan fingerprint density at radius 2 is 1.71 bits per heavy atom. The van der Waals surface area contributed by atoms with E-state index in [2.05, 4.69) is 23.1 Å². The van der Waals surface area contributed by atoms with Crippen molar-refractivity contribution in [3.63, 3.8) is 0 Å². The van der Waals surface area contributed by atoms with E-state index in [1.54, 1.807) is 0 Å². The average molecular weight is 374 g/mol. The summed E-state index contributed by atoms with van der Waals surface area (Å²) < 4.78 is 0. The van der Waals surface area contributed by atoms with Crippen LogP contribution in [0.5, 0.6) is 0 Å². The number of pyridine rings is 1. The van der Waals surface area contributed by atoms with Crippen molar-refractivity contribution in [3.8, 4) is 0 Å². The van der Waals surface area contributed by atoms with E-state index in [0.717, 1.165) is 67.0 Å². The predicted octanol–water partition coefficient (Wildman–Crippen LogP) is 4.38. The number of nitrogens with zero attached hydrogens (tertiary/aromatic N) is 4. The Morgan fingerprint density at radius 1 is 0.929 bits per heavy atom. The predicted molar refractivity (Wildman–Crippen MR) is 113 cm³/mol. The second kappa shape index (κ2) is 7.38. The van der Waals surface area contributed by atoms with Crippen LogP contribution in [0.3, 0.4) is 0 Å². The zero-order chi connectivity index (χ0) is 18.9. The highest BCUT2D eigenvalue weighted by molar-refractivity contribution is 6.14. The summed E-state index contributed by atoms with van der Waals surface area (Å²) in [7, 11) is 0. The van der Waals surface area contributed by atoms with Crippen LogP contribution in [0.15, 0.2) is 41.0 Å². The summed E-state index contributed by atoms with van der Waals surface area (Å²) in [5.41, 5.74) is 2.57. The van der Waals surface area contributed by atoms with E-state index in [4.69, 9.17) is 9.98 Å². The first-order valence-electron chi connectivity index (χ1n) is 10.6. The molecule has 0 N–H and O–H groups in total. The smallest absolute Gasteiger partial charge is 0.277 e. The molecule has 28 heavy (non-hydrogen) atoms. The van der Waals surface area contributed by atoms with E-state index in [1.165, 1.54) is 25.7 Å². The molecule has 1 amide bonds. The van der Waals surface area contributed by atoms with E-state index < -0.39 is 0 Å². The fourth-order valence-electron chi connectivity index (χ4n) is 4.48. The third kappa shape index (κ3) is 3.19. The lowest BCUT2D eigenvalue weighted by molar-refractivity contribution is -0.122. The fraction of sp³-hybridized carbons (Fsp3) is 0.435. The molecule has 3 aliphatic rings. The van der Waals surface area contributed by atoms with Gasteiger partial charge in [0.05, 0.1) is 5.52 Å². The molecule has 1 aromatic carbocycles. The quantitative estimate of drug-likeness (QED) is 0.733. The molecule has 4 heterocycles. The number of benzene rings is 1. The molecule has 2 aromatic rings. The van der Waals surface area contributed by atoms with E-state index in [1.807, 2.05) is 23.1 Å². The second-order valence-corrected chi connectivity index (χ2v) is 7.97. The van der Waals surface area contributed by atoms with Crippen LogP contribution in [0.1, 0.15) is 50.5 Å². The van der Waals surface area contributed by atoms with Gasteiger partial charge >= 0.3 is 0 Å². The van der Waals surface area contributed by atoms with Gasteiger partial charge in [-0.15, -0.1) is 0 Å². The van der Waals surface area contributed by atoms with E-state index in [9.17, 15) is 4.79 Å². The van der Waals surface area contributed by atoms with Crippen molar-refractivity contribution in [1.82, 2.24) is 9.88 Å². The Balaban J connectivity index is 1.59. The topological polar surface area (TPSA) is 48.8 Å². The van der Waals surface area contributed by atoms with Crippen molar-refractivity contribution >= 4 is 34.5 Å². The van der Waals surface area contributed by atoms with Crippen molar-refractivity contribution < 1.29 is 4.79 Å². The summed E-state index contributed by atoms with van der Waals surface area (Å²) in [6, 6.07) is 10.4. The van der Waals surface area contributed by atoms with Gasteiger partial charge in [0, 0.05) is 37.0 Å². The third-order valence-corrected chi connectivity index (χ3v) is 5.99. The zero-order valence-corrected chi connectivity index (χ0v) is 16.2. The normalized spacial score (nSPS) is 21.8. The number of hydrogen-bond donors (Lipinski definition) is 0. The molecule has 5 heteroatoms. The maximum absolute atomic E-state index is 13.0. The molecule has 0 atom stereocenters. The molecule has 1 aromatic heterocycles. The number of aliphatic imine (C=N–C) groups is 1. The molecule has 3 aliphatic heterocycles. The largest absolute Gasteiger partial charge is 0.356 e. The minimum Gasteiger partial charge on any atom is -0.356 e. The second-order valence-electron chi connectivity index (χ2n) is 7.97. The van der Waals surface area contributed by atoms with Crippen molar-refractivity contribution in [2.75, 3.05) is 24.5 Å². The molecule has 144 valence electrons. The monoisotopic (exact) mass is 374 g/mol. The lowest BCUT2D eigenvalue weighted by atomic mass is 10.1. The molecule has 0 spiro atoms. The standard InChI is InChI=1S/C23H26N4O/c28-23-20(24-21-11-3-1-8-14-27(21)23)16-18-15-17-9-4-5-10-19(17)25-22(18)26-12-6-2-7-13-26/h4-5,9-10,15-16H,1-3,6-8,11-14H2/b20-16+. The number of para-hydroxylation sites is 1. The number of rotatable bonds is 2. The lowest BCUT2D eigenvalue weighted by Gasteiger charge is -2.29. The van der Waals surface area contributed by atoms with Gasteiger partial charge in [0.2, 0.25) is 0 Å². The van der Waals surface area contributed by atoms with E-state index in [-0.39, 0.29) is 5.91 Å². The van der Waals surface area contributed by atoms with Crippen LogP contribution in [0.2, 0.25) is 0 Å². The van der Waals surface area contributed by atoms with Gasteiger partial charge in [-0.05, 0) is 50.3 Å². The number of fused-ring (bicyclic) bond motifs is 2. The maximum Gasteiger partial charge on any atom is 0.277 e. The molecule has 0 saturated carbocycles. The maximum atomic E-state index is 13.0. The molecular formula is C23H26N4O. The number of piperidine rings is 1. The number of carbonyl (C=O) groups is 1. The Hall–Kier alpha value is -2.69. The van der Waals surface area contributed by atoms with Crippen LogP contribution in [0.25, 0.3) is 17.0 Å². The number of amidine groups is 1. The number of aromatic nitrogens is 1. The van der Waals surface area contributed by atoms with Crippen LogP contribution >= 0.6 is 0 Å². The van der Waals surface area contributed by atoms with Crippen LogP contribution in [-0.4, -0.2) is 41.3 Å². The van der Waals surface area contributed by atoms with Gasteiger partial charge in [-0.2, -0.15) is 0 Å². The zero-order valence-electron chi connectivity index (χ0n) is 16.2. The van der Waals surface area contributed by atoms with Crippen LogP contribution in [0.4, 0.5) is 5.82 Å². The van der Waals surface area contributed by atoms with Crippen molar-refractivity contribution in [1.29, 1.82) is 0 Å². The molecule has 5 rings (SSSR count). The van der Waals surface area contributed by atoms with Gasteiger partial charge in [-0.1, -0.05) is 24.6 Å². The van der Waals surface area contributed by atoms with Crippen LogP contribution in [-0.2, 0) is 4.79 Å². The first-order valence-corrected chi connectivity index (χ1v) is 10.6. The SMILES string of the molecule is O=C1/C(=C\c2cc3ccccc3nc2N2CCCCC2)N=C2CCCCCN12. The lowest BCUT2D eigenvalue weighted by Crippen LogP contribution is -2.31. The molecular weight excluding hydrogens is 348 g/mol. The Morgan fingerprint density at radius 3 is 2.61 bits per heavy atom. The van der Waals surface area contributed by atoms with Gasteiger partial charge in [-0.3, -0.25) is 9.69 Å². The highest BCUT2D eigenvalue weighted by Crippen LogP contribution is 2.30. The molecule has 0 radical (unpaired) electrons. The number of amides is 1. The molecule has 0 bridgehead atoms. The molecule has 0 aliphatic carbocycles. The highest BCUT2D eigenvalue weighted by Gasteiger charge is 2.31. The number of anilines is 1. The van der Waals surface area contributed by atoms with Gasteiger partial charge in [0.15, 0.2) is 0 Å². The summed E-state index contributed by atoms with van der Waals surface area (Å²) in [5, 5.41) is 1.10. The summed E-state index contributed by atoms with van der Waals surface area (Å²) in [5.74, 6) is 1.98. The minimum absolute atomic E-state index is 0.0506. The first-order chi connectivity index (χ1) is 13.8. The fourth-order valence-corrected chi connectivity index (χ4v) is 4.48. The van der Waals surface area contributed by atoms with Crippen LogP contribution < -0.4 is 4.90 Å². The van der Waals surface area contributed by atoms with Gasteiger partial charge in [-0.25, -0.2) is 9.98 Å². The molecule has 5 nitrogen and oxygen atoms in total. The van der Waals surface area contributed by atoms with Gasteiger partial charge in [0.1, 0.15) is 17.4 Å². The Kier molecular flexibility index (Phi) is 4.59. The Labute approximate surface area is 165 Å². The van der Waals surface area contributed by atoms with Crippen molar-refractivity contribution in [2.24, 2.45) is 4.99 Å². The molecule has 2 saturated heterocycles. The molecule has 0 unspecified atom stereocenters. The summed E-state index contributed by atoms with van der Waals surface area (Å²) in [4.78, 5) is 26.9. The van der Waals surface area contributed by atoms with Crippen molar-refractivity contribution in [2.45, 2.75) is 44.9 Å². The number of carbonyl (C=O) groups excluding carboxylic acids is 1. The van der Waals surface area contributed by atoms with Gasteiger partial charge in [0.25, 0.3) is 5.91 Å². The number of hydrogen-bond acceptors (Lipinski definition) is 4. The van der Waals surface area contributed by atoms with E-state index in [0.29, 0.717) is 5.70 Å². The first kappa shape index (κ1) is 17.4. The third-order valence-electron chi connectivity index (χ3n) is 5.99. The summed E-state index contributed by atoms with van der Waals surface area (Å²) in [6.07, 6.45) is 9.89. The highest BCUT2D eigenvalue weighted by atomic mass is 16.2. The van der Waals surface area contributed by atoms with Crippen molar-refractivity contribution in [3.05, 3.63) is 41.6 Å².